The van der Waals surface area contributed by atoms with Crippen LogP contribution in [0.2, 0.25) is 0 Å². The van der Waals surface area contributed by atoms with Gasteiger partial charge in [-0.05, 0) is 38.3 Å². The summed E-state index contributed by atoms with van der Waals surface area (Å²) in [4.78, 5) is 15.4. The Kier molecular flexibility index (Phi) is 3.06. The van der Waals surface area contributed by atoms with E-state index in [1.54, 1.807) is 13.0 Å². The van der Waals surface area contributed by atoms with Crippen LogP contribution in [-0.4, -0.2) is 40.9 Å². The molecule has 20 heavy (non-hydrogen) atoms. The van der Waals surface area contributed by atoms with E-state index in [2.05, 4.69) is 4.98 Å². The first-order valence-electron chi connectivity index (χ1n) is 6.60. The van der Waals surface area contributed by atoms with Gasteiger partial charge in [-0.3, -0.25) is 9.78 Å². The minimum absolute atomic E-state index is 0.144. The third-order valence-electron chi connectivity index (χ3n) is 4.25. The summed E-state index contributed by atoms with van der Waals surface area (Å²) in [5, 5.41) is 9.19. The molecule has 2 bridgehead atoms. The monoisotopic (exact) mass is 296 g/mol. The second-order valence-electron chi connectivity index (χ2n) is 5.45. The van der Waals surface area contributed by atoms with Crippen LogP contribution in [0, 0.1) is 12.8 Å². The zero-order valence-corrected chi connectivity index (χ0v) is 11.9. The highest BCUT2D eigenvalue weighted by Gasteiger charge is 2.54. The standard InChI is InChI=1S/C13H16N2O4S/c1-8-2-4-10(7-14-8)20(18,19)15-9-3-5-12(15)11(6-9)13(16)17/h2,4,7,9,11-12H,3,5-6H2,1H3,(H,16,17). The zero-order valence-electron chi connectivity index (χ0n) is 11.1. The quantitative estimate of drug-likeness (QED) is 0.899. The fourth-order valence-electron chi connectivity index (χ4n) is 3.31. The number of aromatic nitrogens is 1. The molecule has 108 valence electrons. The maximum absolute atomic E-state index is 12.7. The average molecular weight is 296 g/mol. The Balaban J connectivity index is 1.97. The smallest absolute Gasteiger partial charge is 0.308 e. The van der Waals surface area contributed by atoms with Gasteiger partial charge in [-0.15, -0.1) is 0 Å². The van der Waals surface area contributed by atoms with Crippen LogP contribution >= 0.6 is 0 Å². The molecule has 2 aliphatic heterocycles. The number of aryl methyl sites for hydroxylation is 1. The highest BCUT2D eigenvalue weighted by atomic mass is 32.2. The first-order valence-corrected chi connectivity index (χ1v) is 8.04. The first kappa shape index (κ1) is 13.5. The summed E-state index contributed by atoms with van der Waals surface area (Å²) in [7, 11) is -3.65. The fraction of sp³-hybridized carbons (Fsp3) is 0.538. The topological polar surface area (TPSA) is 87.6 Å². The molecule has 3 rings (SSSR count). The molecule has 3 heterocycles. The summed E-state index contributed by atoms with van der Waals surface area (Å²) in [6.07, 6.45) is 3.13. The molecule has 0 aliphatic carbocycles. The van der Waals surface area contributed by atoms with Gasteiger partial charge in [-0.1, -0.05) is 0 Å². The molecule has 2 fully saturated rings. The fourth-order valence-corrected chi connectivity index (χ4v) is 5.17. The van der Waals surface area contributed by atoms with Gasteiger partial charge in [0.1, 0.15) is 4.90 Å². The Morgan fingerprint density at radius 3 is 2.70 bits per heavy atom. The Morgan fingerprint density at radius 1 is 1.40 bits per heavy atom. The number of nitrogens with zero attached hydrogens (tertiary/aromatic N) is 2. The van der Waals surface area contributed by atoms with E-state index in [9.17, 15) is 18.3 Å². The lowest BCUT2D eigenvalue weighted by atomic mass is 9.89. The molecule has 0 amide bonds. The molecule has 0 saturated carbocycles. The molecule has 3 atom stereocenters. The van der Waals surface area contributed by atoms with E-state index in [4.69, 9.17) is 0 Å². The predicted molar refractivity (Wildman–Crippen MR) is 70.6 cm³/mol. The van der Waals surface area contributed by atoms with Crippen LogP contribution in [0.1, 0.15) is 25.0 Å². The van der Waals surface area contributed by atoms with Crippen molar-refractivity contribution in [1.82, 2.24) is 9.29 Å². The van der Waals surface area contributed by atoms with E-state index in [-0.39, 0.29) is 10.9 Å². The number of pyridine rings is 1. The van der Waals surface area contributed by atoms with Crippen LogP contribution in [0.3, 0.4) is 0 Å². The number of carbonyl (C=O) groups is 1. The SMILES string of the molecule is Cc1ccc(S(=O)(=O)N2C3CCC2C(C(=O)O)C3)cn1. The van der Waals surface area contributed by atoms with E-state index in [1.807, 2.05) is 0 Å². The number of hydrogen-bond donors (Lipinski definition) is 1. The van der Waals surface area contributed by atoms with Gasteiger partial charge < -0.3 is 5.11 Å². The zero-order chi connectivity index (χ0) is 14.5. The molecule has 2 saturated heterocycles. The second kappa shape index (κ2) is 4.53. The van der Waals surface area contributed by atoms with Crippen LogP contribution in [0.25, 0.3) is 0 Å². The lowest BCUT2D eigenvalue weighted by molar-refractivity contribution is -0.142. The Labute approximate surface area is 117 Å². The number of rotatable bonds is 3. The van der Waals surface area contributed by atoms with E-state index in [0.717, 1.165) is 12.1 Å². The third-order valence-corrected chi connectivity index (χ3v) is 6.21. The summed E-state index contributed by atoms with van der Waals surface area (Å²) < 4.78 is 26.7. The molecule has 1 aromatic rings. The maximum atomic E-state index is 12.7. The molecule has 0 radical (unpaired) electrons. The summed E-state index contributed by atoms with van der Waals surface area (Å²) >= 11 is 0. The van der Waals surface area contributed by atoms with Crippen LogP contribution in [0.4, 0.5) is 0 Å². The summed E-state index contributed by atoms with van der Waals surface area (Å²) in [5.41, 5.74) is 0.747. The van der Waals surface area contributed by atoms with Crippen molar-refractivity contribution in [2.24, 2.45) is 5.92 Å². The summed E-state index contributed by atoms with van der Waals surface area (Å²) in [5.74, 6) is -1.48. The average Bonchev–Trinajstić information content (AvgIpc) is 2.97. The van der Waals surface area contributed by atoms with E-state index < -0.39 is 28.0 Å². The Hall–Kier alpha value is -1.47. The van der Waals surface area contributed by atoms with Crippen molar-refractivity contribution in [3.8, 4) is 0 Å². The van der Waals surface area contributed by atoms with Gasteiger partial charge in [0, 0.05) is 24.0 Å². The van der Waals surface area contributed by atoms with Gasteiger partial charge >= 0.3 is 5.97 Å². The number of carboxylic acid groups (broad SMARTS) is 1. The van der Waals surface area contributed by atoms with Gasteiger partial charge in [0.15, 0.2) is 0 Å². The minimum Gasteiger partial charge on any atom is -0.481 e. The van der Waals surface area contributed by atoms with E-state index in [1.165, 1.54) is 16.6 Å². The minimum atomic E-state index is -3.65. The van der Waals surface area contributed by atoms with Crippen molar-refractivity contribution in [2.75, 3.05) is 0 Å². The van der Waals surface area contributed by atoms with Gasteiger partial charge in [0.05, 0.1) is 5.92 Å². The highest BCUT2D eigenvalue weighted by Crippen LogP contribution is 2.44. The first-order chi connectivity index (χ1) is 9.41. The van der Waals surface area contributed by atoms with Crippen LogP contribution in [-0.2, 0) is 14.8 Å². The van der Waals surface area contributed by atoms with Gasteiger partial charge in [0.2, 0.25) is 10.0 Å². The molecule has 2 aliphatic rings. The van der Waals surface area contributed by atoms with Crippen LogP contribution in [0.15, 0.2) is 23.2 Å². The highest BCUT2D eigenvalue weighted by molar-refractivity contribution is 7.89. The van der Waals surface area contributed by atoms with Crippen molar-refractivity contribution >= 4 is 16.0 Å². The normalized spacial score (nSPS) is 29.8. The van der Waals surface area contributed by atoms with Gasteiger partial charge in [0.25, 0.3) is 0 Å². The third kappa shape index (κ3) is 1.92. The molecule has 0 aromatic carbocycles. The molecule has 1 aromatic heterocycles. The van der Waals surface area contributed by atoms with Crippen molar-refractivity contribution in [3.63, 3.8) is 0 Å². The molecular weight excluding hydrogens is 280 g/mol. The van der Waals surface area contributed by atoms with Crippen molar-refractivity contribution < 1.29 is 18.3 Å². The molecule has 7 heteroatoms. The number of fused-ring (bicyclic) bond motifs is 2. The Bertz CT molecular complexity index is 641. The van der Waals surface area contributed by atoms with Gasteiger partial charge in [-0.25, -0.2) is 8.42 Å². The molecule has 1 N–H and O–H groups in total. The lowest BCUT2D eigenvalue weighted by Gasteiger charge is -2.22. The largest absolute Gasteiger partial charge is 0.481 e. The van der Waals surface area contributed by atoms with E-state index in [0.29, 0.717) is 12.8 Å². The molecular formula is C13H16N2O4S. The number of carboxylic acids is 1. The van der Waals surface area contributed by atoms with Crippen molar-refractivity contribution in [1.29, 1.82) is 0 Å². The van der Waals surface area contributed by atoms with Crippen LogP contribution < -0.4 is 0 Å². The number of aliphatic carboxylic acids is 1. The summed E-state index contributed by atoms with van der Waals surface area (Å²) in [6.45, 7) is 1.79. The summed E-state index contributed by atoms with van der Waals surface area (Å²) in [6, 6.07) is 2.58. The predicted octanol–water partition coefficient (Wildman–Crippen LogP) is 1.02. The molecule has 3 unspecified atom stereocenters. The number of sulfonamides is 1. The van der Waals surface area contributed by atoms with Crippen molar-refractivity contribution in [3.05, 3.63) is 24.0 Å². The second-order valence-corrected chi connectivity index (χ2v) is 7.29. The molecule has 6 nitrogen and oxygen atoms in total. The maximum Gasteiger partial charge on any atom is 0.308 e. The van der Waals surface area contributed by atoms with Crippen LogP contribution in [0.5, 0.6) is 0 Å². The lowest BCUT2D eigenvalue weighted by Crippen LogP contribution is -2.37. The molecule has 0 spiro atoms. The Morgan fingerprint density at radius 2 is 2.15 bits per heavy atom. The van der Waals surface area contributed by atoms with Crippen molar-refractivity contribution in [2.45, 2.75) is 43.2 Å². The van der Waals surface area contributed by atoms with E-state index >= 15 is 0 Å². The number of hydrogen-bond acceptors (Lipinski definition) is 4. The van der Waals surface area contributed by atoms with Gasteiger partial charge in [-0.2, -0.15) is 4.31 Å².